The summed E-state index contributed by atoms with van der Waals surface area (Å²) in [7, 11) is 0. The molecule has 1 aromatic carbocycles. The summed E-state index contributed by atoms with van der Waals surface area (Å²) in [6.45, 7) is 2.65. The van der Waals surface area contributed by atoms with Crippen molar-refractivity contribution in [2.75, 3.05) is 6.61 Å². The van der Waals surface area contributed by atoms with Crippen LogP contribution in [0.5, 0.6) is 5.75 Å². The molecule has 1 saturated heterocycles. The fraction of sp³-hybridized carbons (Fsp3) is 0.500. The molecule has 0 amide bonds. The van der Waals surface area contributed by atoms with Crippen molar-refractivity contribution in [2.24, 2.45) is 0 Å². The molecule has 2 aliphatic heterocycles. The van der Waals surface area contributed by atoms with E-state index in [1.54, 1.807) is 0 Å². The van der Waals surface area contributed by atoms with Gasteiger partial charge in [-0.2, -0.15) is 0 Å². The maximum Gasteiger partial charge on any atom is 0.191 e. The highest BCUT2D eigenvalue weighted by molar-refractivity contribution is 6.09. The molecule has 0 radical (unpaired) electrons. The summed E-state index contributed by atoms with van der Waals surface area (Å²) in [5.74, 6) is 0.937. The van der Waals surface area contributed by atoms with Crippen LogP contribution in [0.1, 0.15) is 36.5 Å². The van der Waals surface area contributed by atoms with E-state index in [2.05, 4.69) is 12.2 Å². The van der Waals surface area contributed by atoms with E-state index in [9.17, 15) is 4.79 Å². The van der Waals surface area contributed by atoms with E-state index in [1.807, 2.05) is 24.3 Å². The number of carbonyl (C=O) groups excluding carboxylic acids is 1. The van der Waals surface area contributed by atoms with Crippen LogP contribution in [0.4, 0.5) is 0 Å². The highest BCUT2D eigenvalue weighted by Gasteiger charge is 2.61. The minimum Gasteiger partial charge on any atom is -0.490 e. The lowest BCUT2D eigenvalue weighted by Crippen LogP contribution is -2.40. The van der Waals surface area contributed by atoms with Gasteiger partial charge in [-0.3, -0.25) is 10.1 Å². The number of fused-ring (bicyclic) bond motifs is 1. The van der Waals surface area contributed by atoms with Gasteiger partial charge in [0.25, 0.3) is 0 Å². The van der Waals surface area contributed by atoms with E-state index >= 15 is 0 Å². The lowest BCUT2D eigenvalue weighted by molar-refractivity contribution is 0.0864. The van der Waals surface area contributed by atoms with Crippen molar-refractivity contribution >= 4 is 5.78 Å². The molecule has 1 N–H and O–H groups in total. The number of hydrogen-bond acceptors (Lipinski definition) is 3. The van der Waals surface area contributed by atoms with Crippen molar-refractivity contribution in [3.63, 3.8) is 0 Å². The first-order chi connectivity index (χ1) is 8.28. The van der Waals surface area contributed by atoms with Crippen LogP contribution in [0.15, 0.2) is 24.3 Å². The van der Waals surface area contributed by atoms with Gasteiger partial charge in [0.2, 0.25) is 0 Å². The van der Waals surface area contributed by atoms with Crippen LogP contribution in [0.3, 0.4) is 0 Å². The van der Waals surface area contributed by atoms with Gasteiger partial charge in [0.15, 0.2) is 5.78 Å². The van der Waals surface area contributed by atoms with Crippen molar-refractivity contribution < 1.29 is 9.53 Å². The molecule has 17 heavy (non-hydrogen) atoms. The Bertz CT molecular complexity index is 457. The number of unbranched alkanes of at least 4 members (excludes halogenated alkanes) is 1. The quantitative estimate of drug-likeness (QED) is 0.811. The molecule has 1 fully saturated rings. The molecule has 2 aliphatic rings. The average Bonchev–Trinajstić information content (AvgIpc) is 3.07. The first kappa shape index (κ1) is 10.8. The van der Waals surface area contributed by atoms with Gasteiger partial charge in [-0.05, 0) is 18.6 Å². The standard InChI is InChI=1S/C14H17NO2/c1-2-3-8-12-14(15-12)9-17-11-7-5-4-6-10(11)13(14)16/h4-7,12,15H,2-3,8-9H2,1H3/t12-,14-/m0/s1. The molecule has 0 unspecified atom stereocenters. The Labute approximate surface area is 101 Å². The first-order valence-electron chi connectivity index (χ1n) is 6.32. The first-order valence-corrected chi connectivity index (χ1v) is 6.32. The van der Waals surface area contributed by atoms with Crippen LogP contribution < -0.4 is 10.1 Å². The Morgan fingerprint density at radius 1 is 1.47 bits per heavy atom. The molecular formula is C14H17NO2. The van der Waals surface area contributed by atoms with E-state index in [0.717, 1.165) is 24.2 Å². The number of ketones is 1. The third kappa shape index (κ3) is 1.57. The third-order valence-electron chi connectivity index (χ3n) is 3.78. The summed E-state index contributed by atoms with van der Waals surface area (Å²) in [4.78, 5) is 12.4. The zero-order valence-corrected chi connectivity index (χ0v) is 10.0. The Balaban J connectivity index is 1.82. The van der Waals surface area contributed by atoms with Crippen LogP contribution in [0.25, 0.3) is 0 Å². The highest BCUT2D eigenvalue weighted by atomic mass is 16.5. The molecule has 0 bridgehead atoms. The van der Waals surface area contributed by atoms with Gasteiger partial charge >= 0.3 is 0 Å². The molecule has 3 rings (SSSR count). The molecule has 2 heterocycles. The fourth-order valence-electron chi connectivity index (χ4n) is 2.64. The SMILES string of the molecule is CCCC[C@@H]1N[C@@]12COc1ccccc1C2=O. The van der Waals surface area contributed by atoms with Crippen LogP contribution in [-0.4, -0.2) is 24.0 Å². The zero-order chi connectivity index (χ0) is 11.9. The Morgan fingerprint density at radius 3 is 3.12 bits per heavy atom. The number of para-hydroxylation sites is 1. The van der Waals surface area contributed by atoms with E-state index in [4.69, 9.17) is 4.74 Å². The van der Waals surface area contributed by atoms with Gasteiger partial charge in [-0.15, -0.1) is 0 Å². The Hall–Kier alpha value is -1.35. The average molecular weight is 231 g/mol. The van der Waals surface area contributed by atoms with Crippen molar-refractivity contribution in [3.8, 4) is 5.75 Å². The molecule has 1 spiro atoms. The summed E-state index contributed by atoms with van der Waals surface area (Å²) in [5, 5.41) is 3.34. The molecule has 0 saturated carbocycles. The molecule has 2 atom stereocenters. The summed E-state index contributed by atoms with van der Waals surface area (Å²) in [6, 6.07) is 7.82. The van der Waals surface area contributed by atoms with E-state index in [-0.39, 0.29) is 5.78 Å². The summed E-state index contributed by atoms with van der Waals surface area (Å²) in [6.07, 6.45) is 3.39. The topological polar surface area (TPSA) is 48.2 Å². The number of ether oxygens (including phenoxy) is 1. The monoisotopic (exact) mass is 231 g/mol. The van der Waals surface area contributed by atoms with E-state index < -0.39 is 5.54 Å². The zero-order valence-electron chi connectivity index (χ0n) is 10.0. The van der Waals surface area contributed by atoms with Gasteiger partial charge in [-0.1, -0.05) is 31.9 Å². The number of rotatable bonds is 3. The van der Waals surface area contributed by atoms with Crippen LogP contribution >= 0.6 is 0 Å². The van der Waals surface area contributed by atoms with E-state index in [0.29, 0.717) is 12.6 Å². The minimum absolute atomic E-state index is 0.209. The number of hydrogen-bond donors (Lipinski definition) is 1. The van der Waals surface area contributed by atoms with Gasteiger partial charge in [-0.25, -0.2) is 0 Å². The predicted molar refractivity (Wildman–Crippen MR) is 65.4 cm³/mol. The summed E-state index contributed by atoms with van der Waals surface area (Å²) >= 11 is 0. The number of benzene rings is 1. The molecule has 3 nitrogen and oxygen atoms in total. The molecule has 90 valence electrons. The van der Waals surface area contributed by atoms with Crippen LogP contribution in [0, 0.1) is 0 Å². The number of Topliss-reactive ketones (excluding diaryl/α,β-unsaturated/α-hetero) is 1. The van der Waals surface area contributed by atoms with Crippen molar-refractivity contribution in [1.82, 2.24) is 5.32 Å². The van der Waals surface area contributed by atoms with E-state index in [1.165, 1.54) is 6.42 Å². The summed E-state index contributed by atoms with van der Waals surface area (Å²) < 4.78 is 5.70. The smallest absolute Gasteiger partial charge is 0.191 e. The molecule has 0 aliphatic carbocycles. The molecule has 0 aromatic heterocycles. The molecule has 3 heteroatoms. The summed E-state index contributed by atoms with van der Waals surface area (Å²) in [5.41, 5.74) is 0.314. The second kappa shape index (κ2) is 3.84. The third-order valence-corrected chi connectivity index (χ3v) is 3.78. The van der Waals surface area contributed by atoms with Crippen LogP contribution in [-0.2, 0) is 0 Å². The second-order valence-corrected chi connectivity index (χ2v) is 4.92. The second-order valence-electron chi connectivity index (χ2n) is 4.92. The maximum absolute atomic E-state index is 12.4. The van der Waals surface area contributed by atoms with Crippen molar-refractivity contribution in [1.29, 1.82) is 0 Å². The van der Waals surface area contributed by atoms with Gasteiger partial charge in [0.1, 0.15) is 17.9 Å². The largest absolute Gasteiger partial charge is 0.490 e. The molecular weight excluding hydrogens is 214 g/mol. The maximum atomic E-state index is 12.4. The lowest BCUT2D eigenvalue weighted by atomic mass is 9.90. The fourth-order valence-corrected chi connectivity index (χ4v) is 2.64. The van der Waals surface area contributed by atoms with Gasteiger partial charge in [0.05, 0.1) is 5.56 Å². The van der Waals surface area contributed by atoms with Crippen LogP contribution in [0.2, 0.25) is 0 Å². The van der Waals surface area contributed by atoms with Gasteiger partial charge < -0.3 is 4.74 Å². The Morgan fingerprint density at radius 2 is 2.29 bits per heavy atom. The van der Waals surface area contributed by atoms with Crippen molar-refractivity contribution in [3.05, 3.63) is 29.8 Å². The Kier molecular flexibility index (Phi) is 2.44. The highest BCUT2D eigenvalue weighted by Crippen LogP contribution is 2.40. The number of carbonyl (C=O) groups is 1. The predicted octanol–water partition coefficient (Wildman–Crippen LogP) is 2.16. The number of nitrogens with one attached hydrogen (secondary N) is 1. The molecule has 1 aromatic rings. The lowest BCUT2D eigenvalue weighted by Gasteiger charge is -2.23. The van der Waals surface area contributed by atoms with Gasteiger partial charge in [0, 0.05) is 6.04 Å². The van der Waals surface area contributed by atoms with Crippen molar-refractivity contribution in [2.45, 2.75) is 37.8 Å². The minimum atomic E-state index is -0.413. The normalized spacial score (nSPS) is 29.9.